The van der Waals surface area contributed by atoms with E-state index in [1.54, 1.807) is 0 Å². The summed E-state index contributed by atoms with van der Waals surface area (Å²) in [4.78, 5) is 23.3. The highest BCUT2D eigenvalue weighted by atomic mass is 32.2. The van der Waals surface area contributed by atoms with Crippen molar-refractivity contribution in [3.8, 4) is 5.75 Å². The molecule has 0 bridgehead atoms. The molecule has 1 unspecified atom stereocenters. The van der Waals surface area contributed by atoms with E-state index in [1.165, 1.54) is 39.4 Å². The van der Waals surface area contributed by atoms with Gasteiger partial charge in [0.1, 0.15) is 10.6 Å². The van der Waals surface area contributed by atoms with Gasteiger partial charge in [0, 0.05) is 26.2 Å². The summed E-state index contributed by atoms with van der Waals surface area (Å²) in [7, 11) is 0.302. The number of sulfonamides is 1. The largest absolute Gasteiger partial charge is 0.495 e. The summed E-state index contributed by atoms with van der Waals surface area (Å²) in [5, 5.41) is 11.7. The Morgan fingerprint density at radius 1 is 1.32 bits per heavy atom. The molecule has 9 heteroatoms. The average Bonchev–Trinajstić information content (AvgIpc) is 2.57. The number of nitrogens with zero attached hydrogens (tertiary/aromatic N) is 1. The molecular weight excluding hydrogens is 348 g/mol. The first-order valence-corrected chi connectivity index (χ1v) is 9.20. The fraction of sp³-hybridized carbons (Fsp3) is 0.500. The highest BCUT2D eigenvalue weighted by Crippen LogP contribution is 2.26. The molecule has 2 N–H and O–H groups in total. The van der Waals surface area contributed by atoms with E-state index >= 15 is 0 Å². The molecule has 0 spiro atoms. The number of hydrogen-bond acceptors (Lipinski definition) is 5. The van der Waals surface area contributed by atoms with Gasteiger partial charge in [-0.15, -0.1) is 0 Å². The normalized spacial score (nSPS) is 12.7. The number of methoxy groups -OCH3 is 1. The Labute approximate surface area is 147 Å². The van der Waals surface area contributed by atoms with Crippen LogP contribution in [0.3, 0.4) is 0 Å². The Kier molecular flexibility index (Phi) is 7.38. The summed E-state index contributed by atoms with van der Waals surface area (Å²) in [5.41, 5.74) is 0.113. The van der Waals surface area contributed by atoms with Crippen LogP contribution >= 0.6 is 0 Å². The lowest BCUT2D eigenvalue weighted by Crippen LogP contribution is -2.33. The third-order valence-corrected chi connectivity index (χ3v) is 5.52. The zero-order valence-electron chi connectivity index (χ0n) is 14.8. The number of ether oxygens (including phenoxy) is 1. The van der Waals surface area contributed by atoms with Crippen molar-refractivity contribution in [1.82, 2.24) is 9.62 Å². The van der Waals surface area contributed by atoms with Crippen molar-refractivity contribution in [2.45, 2.75) is 24.7 Å². The maximum Gasteiger partial charge on any atom is 0.308 e. The van der Waals surface area contributed by atoms with Gasteiger partial charge in [0.25, 0.3) is 5.91 Å². The molecule has 0 heterocycles. The second kappa shape index (κ2) is 8.82. The summed E-state index contributed by atoms with van der Waals surface area (Å²) in [5.74, 6) is -2.08. The molecule has 25 heavy (non-hydrogen) atoms. The molecule has 0 fully saturated rings. The van der Waals surface area contributed by atoms with E-state index in [9.17, 15) is 18.0 Å². The lowest BCUT2D eigenvalue weighted by molar-refractivity contribution is -0.141. The topological polar surface area (TPSA) is 113 Å². The number of carbonyl (C=O) groups excluding carboxylic acids is 1. The molecule has 0 saturated heterocycles. The fourth-order valence-electron chi connectivity index (χ4n) is 2.20. The summed E-state index contributed by atoms with van der Waals surface area (Å²) < 4.78 is 30.8. The van der Waals surface area contributed by atoms with Gasteiger partial charge in [-0.3, -0.25) is 9.59 Å². The SMILES string of the molecule is CCCC(CNC(=O)c1ccc(OC)c(S(=O)(=O)N(C)C)c1)C(=O)O. The number of aliphatic carboxylic acids is 1. The van der Waals surface area contributed by atoms with Crippen molar-refractivity contribution >= 4 is 21.9 Å². The number of carboxylic acids is 1. The van der Waals surface area contributed by atoms with Crippen LogP contribution in [0.2, 0.25) is 0 Å². The summed E-state index contributed by atoms with van der Waals surface area (Å²) in [6, 6.07) is 4.05. The minimum absolute atomic E-state index is 0.0240. The molecule has 0 aromatic heterocycles. The first-order chi connectivity index (χ1) is 11.6. The molecule has 1 aromatic carbocycles. The van der Waals surface area contributed by atoms with E-state index in [4.69, 9.17) is 9.84 Å². The maximum absolute atomic E-state index is 12.4. The molecule has 1 amide bonds. The molecule has 1 aromatic rings. The van der Waals surface area contributed by atoms with Gasteiger partial charge in [0.2, 0.25) is 10.0 Å². The average molecular weight is 372 g/mol. The van der Waals surface area contributed by atoms with Crippen molar-refractivity contribution in [2.75, 3.05) is 27.7 Å². The molecular formula is C16H24N2O6S. The summed E-state index contributed by atoms with van der Waals surface area (Å²) in [6.07, 6.45) is 1.12. The fourth-order valence-corrected chi connectivity index (χ4v) is 3.27. The Balaban J connectivity index is 3.06. The van der Waals surface area contributed by atoms with E-state index in [0.29, 0.717) is 12.8 Å². The zero-order chi connectivity index (χ0) is 19.2. The molecule has 1 atom stereocenters. The van der Waals surface area contributed by atoms with Crippen LogP contribution in [0.1, 0.15) is 30.1 Å². The summed E-state index contributed by atoms with van der Waals surface area (Å²) in [6.45, 7) is 1.84. The Morgan fingerprint density at radius 2 is 1.96 bits per heavy atom. The van der Waals surface area contributed by atoms with Gasteiger partial charge in [-0.05, 0) is 24.6 Å². The molecule has 0 saturated carbocycles. The molecule has 0 aliphatic rings. The van der Waals surface area contributed by atoms with Crippen molar-refractivity contribution in [3.05, 3.63) is 23.8 Å². The second-order valence-electron chi connectivity index (χ2n) is 5.69. The molecule has 8 nitrogen and oxygen atoms in total. The van der Waals surface area contributed by atoms with Gasteiger partial charge in [-0.1, -0.05) is 13.3 Å². The van der Waals surface area contributed by atoms with Crippen LogP contribution in [0.5, 0.6) is 5.75 Å². The zero-order valence-corrected chi connectivity index (χ0v) is 15.6. The minimum atomic E-state index is -3.79. The van der Waals surface area contributed by atoms with E-state index in [0.717, 1.165) is 4.31 Å². The number of nitrogens with one attached hydrogen (secondary N) is 1. The van der Waals surface area contributed by atoms with Crippen molar-refractivity contribution in [1.29, 1.82) is 0 Å². The smallest absolute Gasteiger partial charge is 0.308 e. The third kappa shape index (κ3) is 5.17. The molecule has 1 rings (SSSR count). The molecule has 0 aliphatic heterocycles. The predicted octanol–water partition coefficient (Wildman–Crippen LogP) is 1.18. The van der Waals surface area contributed by atoms with E-state index in [2.05, 4.69) is 5.32 Å². The van der Waals surface area contributed by atoms with Crippen LogP contribution < -0.4 is 10.1 Å². The Morgan fingerprint density at radius 3 is 2.44 bits per heavy atom. The van der Waals surface area contributed by atoms with Crippen LogP contribution in [-0.4, -0.2) is 57.5 Å². The lowest BCUT2D eigenvalue weighted by Gasteiger charge is -2.16. The highest BCUT2D eigenvalue weighted by molar-refractivity contribution is 7.89. The molecule has 0 radical (unpaired) electrons. The van der Waals surface area contributed by atoms with E-state index in [1.807, 2.05) is 6.92 Å². The van der Waals surface area contributed by atoms with Crippen LogP contribution in [0.15, 0.2) is 23.1 Å². The number of carbonyl (C=O) groups is 2. The number of hydrogen-bond donors (Lipinski definition) is 2. The van der Waals surface area contributed by atoms with Gasteiger partial charge >= 0.3 is 5.97 Å². The lowest BCUT2D eigenvalue weighted by atomic mass is 10.0. The van der Waals surface area contributed by atoms with Crippen LogP contribution in [0.25, 0.3) is 0 Å². The van der Waals surface area contributed by atoms with Gasteiger partial charge in [-0.2, -0.15) is 0 Å². The summed E-state index contributed by atoms with van der Waals surface area (Å²) >= 11 is 0. The van der Waals surface area contributed by atoms with Crippen molar-refractivity contribution in [3.63, 3.8) is 0 Å². The number of amides is 1. The third-order valence-electron chi connectivity index (χ3n) is 3.68. The van der Waals surface area contributed by atoms with Crippen LogP contribution in [0.4, 0.5) is 0 Å². The quantitative estimate of drug-likeness (QED) is 0.673. The number of rotatable bonds is 9. The monoisotopic (exact) mass is 372 g/mol. The highest BCUT2D eigenvalue weighted by Gasteiger charge is 2.24. The van der Waals surface area contributed by atoms with Crippen molar-refractivity contribution < 1.29 is 27.9 Å². The van der Waals surface area contributed by atoms with Crippen LogP contribution in [-0.2, 0) is 14.8 Å². The van der Waals surface area contributed by atoms with E-state index < -0.39 is 27.8 Å². The standard InChI is InChI=1S/C16H24N2O6S/c1-5-6-12(16(20)21)10-17-15(19)11-7-8-13(24-4)14(9-11)25(22,23)18(2)3/h7-9,12H,5-6,10H2,1-4H3,(H,17,19)(H,20,21). The number of carboxylic acid groups (broad SMARTS) is 1. The first-order valence-electron chi connectivity index (χ1n) is 7.76. The second-order valence-corrected chi connectivity index (χ2v) is 7.81. The van der Waals surface area contributed by atoms with Gasteiger partial charge in [-0.25, -0.2) is 12.7 Å². The van der Waals surface area contributed by atoms with Gasteiger partial charge in [0.15, 0.2) is 0 Å². The minimum Gasteiger partial charge on any atom is -0.495 e. The van der Waals surface area contributed by atoms with Gasteiger partial charge < -0.3 is 15.2 Å². The van der Waals surface area contributed by atoms with E-state index in [-0.39, 0.29) is 22.8 Å². The van der Waals surface area contributed by atoms with Gasteiger partial charge in [0.05, 0.1) is 13.0 Å². The molecule has 140 valence electrons. The Bertz CT molecular complexity index is 730. The van der Waals surface area contributed by atoms with Crippen LogP contribution in [0, 0.1) is 5.92 Å². The molecule has 0 aliphatic carbocycles. The predicted molar refractivity (Wildman–Crippen MR) is 92.2 cm³/mol. The number of benzene rings is 1. The Hall–Kier alpha value is -2.13. The maximum atomic E-state index is 12.4. The van der Waals surface area contributed by atoms with Crippen molar-refractivity contribution in [2.24, 2.45) is 5.92 Å². The first kappa shape index (κ1) is 20.9.